The Labute approximate surface area is 329 Å². The Morgan fingerprint density at radius 2 is 1.07 bits per heavy atom. The van der Waals surface area contributed by atoms with Gasteiger partial charge in [0.1, 0.15) is 11.4 Å². The minimum Gasteiger partial charge on any atom is -0.389 e. The van der Waals surface area contributed by atoms with Crippen molar-refractivity contribution in [2.24, 2.45) is 0 Å². The standard InChI is InChI=1S/C19H18N8O2.C19H16N8O2/c2*1-11(28)12-8-9-14(21-10-12)17-22-16(26-29-17)15-23-18(20)25-19(24-15)27(2)13-6-4-3-5-7-13/h3-11,28H,1-2H3,(H2,20,23,24,25);3-10H,1-2H3,(H2,20,23,24,25). The molecule has 8 aromatic rings. The maximum atomic E-state index is 11.4. The molecule has 6 heterocycles. The zero-order valence-corrected chi connectivity index (χ0v) is 31.4. The first-order valence-electron chi connectivity index (χ1n) is 17.4. The summed E-state index contributed by atoms with van der Waals surface area (Å²) in [5.41, 5.74) is 15.6. The van der Waals surface area contributed by atoms with Crippen molar-refractivity contribution < 1.29 is 18.9 Å². The molecule has 0 bridgehead atoms. The number of aliphatic hydroxyl groups is 1. The Morgan fingerprint density at radius 1 is 0.603 bits per heavy atom. The third-order valence-corrected chi connectivity index (χ3v) is 8.30. The van der Waals surface area contributed by atoms with Crippen LogP contribution in [0.4, 0.5) is 35.2 Å². The molecule has 1 atom stereocenters. The van der Waals surface area contributed by atoms with Crippen molar-refractivity contribution >= 4 is 41.0 Å². The number of Topliss-reactive ketones (excluding diaryl/α,β-unsaturated/α-hetero) is 1. The lowest BCUT2D eigenvalue weighted by Gasteiger charge is -2.17. The van der Waals surface area contributed by atoms with E-state index in [0.717, 1.165) is 11.4 Å². The van der Waals surface area contributed by atoms with Crippen molar-refractivity contribution in [2.75, 3.05) is 35.4 Å². The highest BCUT2D eigenvalue weighted by Gasteiger charge is 2.20. The molecule has 0 saturated heterocycles. The second kappa shape index (κ2) is 16.7. The molecule has 6 aromatic heterocycles. The van der Waals surface area contributed by atoms with E-state index in [-0.39, 0.29) is 52.8 Å². The van der Waals surface area contributed by atoms with E-state index in [1.165, 1.54) is 13.1 Å². The van der Waals surface area contributed by atoms with Crippen molar-refractivity contribution in [1.29, 1.82) is 0 Å². The first-order chi connectivity index (χ1) is 28.0. The van der Waals surface area contributed by atoms with Crippen LogP contribution in [0, 0.1) is 0 Å². The number of aromatic nitrogens is 12. The van der Waals surface area contributed by atoms with Crippen LogP contribution in [0.3, 0.4) is 0 Å². The number of pyridine rings is 2. The molecule has 20 nitrogen and oxygen atoms in total. The fourth-order valence-electron chi connectivity index (χ4n) is 5.14. The number of benzene rings is 2. The molecular weight excluding hydrogens is 745 g/mol. The SMILES string of the molecule is CC(=O)c1ccc(-c2nc(-c3nc(N)nc(N(C)c4ccccc4)n3)no2)nc1.CC(O)c1ccc(-c2nc(-c3nc(N)nc(N(C)c4ccccc4)n3)no2)nc1. The van der Waals surface area contributed by atoms with E-state index >= 15 is 0 Å². The summed E-state index contributed by atoms with van der Waals surface area (Å²) in [6.07, 6.45) is 2.40. The van der Waals surface area contributed by atoms with Crippen LogP contribution in [0.5, 0.6) is 0 Å². The van der Waals surface area contributed by atoms with Crippen LogP contribution in [0.15, 0.2) is 106 Å². The maximum absolute atomic E-state index is 11.4. The number of ketones is 1. The number of para-hydroxylation sites is 2. The molecule has 0 fully saturated rings. The molecule has 0 aliphatic heterocycles. The van der Waals surface area contributed by atoms with E-state index in [2.05, 4.69) is 60.2 Å². The van der Waals surface area contributed by atoms with Crippen LogP contribution < -0.4 is 21.3 Å². The normalized spacial score (nSPS) is 11.3. The largest absolute Gasteiger partial charge is 0.389 e. The van der Waals surface area contributed by atoms with Gasteiger partial charge in [-0.3, -0.25) is 14.8 Å². The molecule has 5 N–H and O–H groups in total. The molecule has 58 heavy (non-hydrogen) atoms. The van der Waals surface area contributed by atoms with Crippen molar-refractivity contribution in [2.45, 2.75) is 20.0 Å². The topological polar surface area (TPSA) is 277 Å². The second-order valence-electron chi connectivity index (χ2n) is 12.4. The van der Waals surface area contributed by atoms with Crippen molar-refractivity contribution in [1.82, 2.24) is 60.2 Å². The zero-order valence-electron chi connectivity index (χ0n) is 31.4. The van der Waals surface area contributed by atoms with Crippen LogP contribution in [0.1, 0.15) is 35.9 Å². The fourth-order valence-corrected chi connectivity index (χ4v) is 5.14. The summed E-state index contributed by atoms with van der Waals surface area (Å²) in [5.74, 6) is 1.73. The molecule has 8 rings (SSSR count). The lowest BCUT2D eigenvalue weighted by atomic mass is 10.2. The number of nitrogens with zero attached hydrogens (tertiary/aromatic N) is 14. The highest BCUT2D eigenvalue weighted by molar-refractivity contribution is 5.93. The smallest absolute Gasteiger partial charge is 0.276 e. The van der Waals surface area contributed by atoms with E-state index in [1.807, 2.05) is 74.8 Å². The molecule has 0 aliphatic rings. The number of hydrogen-bond donors (Lipinski definition) is 3. The average molecular weight is 779 g/mol. The van der Waals surface area contributed by atoms with Gasteiger partial charge in [0, 0.05) is 43.4 Å². The Hall–Kier alpha value is -8.13. The zero-order chi connectivity index (χ0) is 40.8. The molecule has 0 aliphatic carbocycles. The third kappa shape index (κ3) is 8.71. The summed E-state index contributed by atoms with van der Waals surface area (Å²) in [6.45, 7) is 3.13. The summed E-state index contributed by atoms with van der Waals surface area (Å²) in [5, 5.41) is 17.4. The Balaban J connectivity index is 0.000000177. The monoisotopic (exact) mass is 778 g/mol. The van der Waals surface area contributed by atoms with Gasteiger partial charge in [0.25, 0.3) is 11.8 Å². The minimum atomic E-state index is -0.608. The van der Waals surface area contributed by atoms with Crippen LogP contribution in [-0.4, -0.2) is 85.1 Å². The predicted molar refractivity (Wildman–Crippen MR) is 211 cm³/mol. The predicted octanol–water partition coefficient (Wildman–Crippen LogP) is 4.92. The van der Waals surface area contributed by atoms with Crippen LogP contribution in [-0.2, 0) is 0 Å². The average Bonchev–Trinajstić information content (AvgIpc) is 3.96. The van der Waals surface area contributed by atoms with Gasteiger partial charge in [0.15, 0.2) is 5.78 Å². The van der Waals surface area contributed by atoms with Gasteiger partial charge in [0.05, 0.1) is 6.10 Å². The van der Waals surface area contributed by atoms with Gasteiger partial charge in [-0.25, -0.2) is 0 Å². The number of nitrogen functional groups attached to an aromatic ring is 2. The lowest BCUT2D eigenvalue weighted by molar-refractivity contribution is 0.101. The van der Waals surface area contributed by atoms with E-state index in [4.69, 9.17) is 20.5 Å². The van der Waals surface area contributed by atoms with Gasteiger partial charge in [-0.15, -0.1) is 0 Å². The number of carbonyl (C=O) groups excluding carboxylic acids is 1. The molecule has 2 aromatic carbocycles. The third-order valence-electron chi connectivity index (χ3n) is 8.30. The van der Waals surface area contributed by atoms with E-state index in [1.54, 1.807) is 47.2 Å². The first-order valence-corrected chi connectivity index (χ1v) is 17.4. The molecule has 1 unspecified atom stereocenters. The summed E-state index contributed by atoms with van der Waals surface area (Å²) >= 11 is 0. The number of aliphatic hydroxyl groups excluding tert-OH is 1. The number of carbonyl (C=O) groups is 1. The number of rotatable bonds is 10. The van der Waals surface area contributed by atoms with E-state index in [9.17, 15) is 9.90 Å². The van der Waals surface area contributed by atoms with Crippen LogP contribution in [0.25, 0.3) is 46.5 Å². The Kier molecular flexibility index (Phi) is 11.0. The van der Waals surface area contributed by atoms with Gasteiger partial charge in [-0.05, 0) is 61.9 Å². The molecule has 0 radical (unpaired) electrons. The summed E-state index contributed by atoms with van der Waals surface area (Å²) in [6, 6.07) is 25.9. The highest BCUT2D eigenvalue weighted by atomic mass is 16.5. The van der Waals surface area contributed by atoms with Crippen molar-refractivity contribution in [3.8, 4) is 46.5 Å². The number of anilines is 6. The Bertz CT molecular complexity index is 2640. The molecule has 0 spiro atoms. The second-order valence-corrected chi connectivity index (χ2v) is 12.4. The van der Waals surface area contributed by atoms with Gasteiger partial charge in [-0.2, -0.15) is 39.9 Å². The summed E-state index contributed by atoms with van der Waals surface area (Å²) in [4.78, 5) is 57.3. The van der Waals surface area contributed by atoms with Gasteiger partial charge in [0.2, 0.25) is 47.1 Å². The molecular formula is C38H34N16O4. The van der Waals surface area contributed by atoms with Gasteiger partial charge >= 0.3 is 0 Å². The molecule has 290 valence electrons. The van der Waals surface area contributed by atoms with E-state index < -0.39 is 6.10 Å². The maximum Gasteiger partial charge on any atom is 0.276 e. The molecule has 0 saturated carbocycles. The minimum absolute atomic E-state index is 0.0306. The van der Waals surface area contributed by atoms with Crippen molar-refractivity contribution in [3.63, 3.8) is 0 Å². The van der Waals surface area contributed by atoms with E-state index in [0.29, 0.717) is 34.4 Å². The van der Waals surface area contributed by atoms with Crippen LogP contribution in [0.2, 0.25) is 0 Å². The fraction of sp³-hybridized carbons (Fsp3) is 0.132. The van der Waals surface area contributed by atoms with Gasteiger partial charge in [-0.1, -0.05) is 52.8 Å². The van der Waals surface area contributed by atoms with Gasteiger partial charge < -0.3 is 35.4 Å². The molecule has 0 amide bonds. The summed E-state index contributed by atoms with van der Waals surface area (Å²) in [7, 11) is 3.64. The first kappa shape index (κ1) is 38.2. The number of nitrogens with two attached hydrogens (primary N) is 2. The van der Waals surface area contributed by atoms with Crippen LogP contribution >= 0.6 is 0 Å². The highest BCUT2D eigenvalue weighted by Crippen LogP contribution is 2.26. The summed E-state index contributed by atoms with van der Waals surface area (Å²) < 4.78 is 10.6. The quantitative estimate of drug-likeness (QED) is 0.155. The lowest BCUT2D eigenvalue weighted by Crippen LogP contribution is -2.15. The van der Waals surface area contributed by atoms with Crippen molar-refractivity contribution in [3.05, 3.63) is 108 Å². The molecule has 20 heteroatoms. The Morgan fingerprint density at radius 3 is 1.47 bits per heavy atom. The number of hydrogen-bond acceptors (Lipinski definition) is 20.